The van der Waals surface area contributed by atoms with Crippen molar-refractivity contribution in [2.45, 2.75) is 12.5 Å². The van der Waals surface area contributed by atoms with Crippen molar-refractivity contribution in [3.63, 3.8) is 0 Å². The van der Waals surface area contributed by atoms with Crippen LogP contribution >= 0.6 is 0 Å². The maximum absolute atomic E-state index is 11.8. The molecule has 0 aliphatic heterocycles. The van der Waals surface area contributed by atoms with Gasteiger partial charge in [0.05, 0.1) is 24.4 Å². The van der Waals surface area contributed by atoms with Gasteiger partial charge in [0.2, 0.25) is 0 Å². The molecule has 0 fully saturated rings. The highest BCUT2D eigenvalue weighted by Crippen LogP contribution is 2.04. The van der Waals surface area contributed by atoms with Gasteiger partial charge < -0.3 is 10.4 Å². The van der Waals surface area contributed by atoms with Crippen LogP contribution in [0.5, 0.6) is 0 Å². The highest BCUT2D eigenvalue weighted by molar-refractivity contribution is 5.93. The standard InChI is InChI=1S/C13H15N3O2/c17-9-12(6-10-4-2-1-3-5-10)16-13(18)11-7-14-15-8-11/h1-5,7-8,12,17H,6,9H2,(H,14,15)(H,16,18)/t12-/m1/s1. The molecule has 3 N–H and O–H groups in total. The number of carbonyl (C=O) groups excluding carboxylic acids is 1. The number of benzene rings is 1. The summed E-state index contributed by atoms with van der Waals surface area (Å²) in [5, 5.41) is 18.4. The molecule has 1 aromatic carbocycles. The van der Waals surface area contributed by atoms with Crippen LogP contribution in [-0.4, -0.2) is 33.9 Å². The summed E-state index contributed by atoms with van der Waals surface area (Å²) < 4.78 is 0. The second-order valence-corrected chi connectivity index (χ2v) is 4.03. The Morgan fingerprint density at radius 3 is 2.78 bits per heavy atom. The molecule has 0 spiro atoms. The number of aliphatic hydroxyl groups is 1. The number of aromatic amines is 1. The van der Waals surface area contributed by atoms with Gasteiger partial charge in [-0.05, 0) is 12.0 Å². The molecule has 1 heterocycles. The van der Waals surface area contributed by atoms with Crippen molar-refractivity contribution in [2.75, 3.05) is 6.61 Å². The molecule has 0 saturated heterocycles. The number of amides is 1. The van der Waals surface area contributed by atoms with Crippen LogP contribution in [-0.2, 0) is 6.42 Å². The van der Waals surface area contributed by atoms with E-state index in [0.717, 1.165) is 5.56 Å². The first kappa shape index (κ1) is 12.3. The summed E-state index contributed by atoms with van der Waals surface area (Å²) in [5.74, 6) is -0.237. The fourth-order valence-electron chi connectivity index (χ4n) is 1.70. The van der Waals surface area contributed by atoms with Gasteiger partial charge in [-0.2, -0.15) is 5.10 Å². The minimum absolute atomic E-state index is 0.0987. The lowest BCUT2D eigenvalue weighted by Gasteiger charge is -2.15. The molecule has 2 aromatic rings. The van der Waals surface area contributed by atoms with Gasteiger partial charge in [0.15, 0.2) is 0 Å². The molecule has 2 rings (SSSR count). The van der Waals surface area contributed by atoms with E-state index < -0.39 is 0 Å². The summed E-state index contributed by atoms with van der Waals surface area (Å²) in [6.45, 7) is -0.0987. The van der Waals surface area contributed by atoms with E-state index in [1.165, 1.54) is 12.4 Å². The average Bonchev–Trinajstić information content (AvgIpc) is 2.93. The smallest absolute Gasteiger partial charge is 0.254 e. The lowest BCUT2D eigenvalue weighted by Crippen LogP contribution is -2.38. The van der Waals surface area contributed by atoms with Crippen molar-refractivity contribution in [3.05, 3.63) is 53.9 Å². The van der Waals surface area contributed by atoms with Crippen LogP contribution in [0.3, 0.4) is 0 Å². The number of rotatable bonds is 5. The number of hydrogen-bond donors (Lipinski definition) is 3. The van der Waals surface area contributed by atoms with Crippen LogP contribution in [0.1, 0.15) is 15.9 Å². The summed E-state index contributed by atoms with van der Waals surface area (Å²) in [5.41, 5.74) is 1.53. The van der Waals surface area contributed by atoms with Crippen molar-refractivity contribution in [1.29, 1.82) is 0 Å². The second-order valence-electron chi connectivity index (χ2n) is 4.03. The minimum Gasteiger partial charge on any atom is -0.394 e. The number of carbonyl (C=O) groups is 1. The molecule has 94 valence electrons. The first-order valence-electron chi connectivity index (χ1n) is 5.74. The molecule has 5 heteroatoms. The number of nitrogens with one attached hydrogen (secondary N) is 2. The predicted molar refractivity (Wildman–Crippen MR) is 67.1 cm³/mol. The first-order chi connectivity index (χ1) is 8.79. The lowest BCUT2D eigenvalue weighted by molar-refractivity contribution is 0.0916. The number of nitrogens with zero attached hydrogens (tertiary/aromatic N) is 1. The van der Waals surface area contributed by atoms with Crippen LogP contribution in [0.15, 0.2) is 42.7 Å². The third-order valence-corrected chi connectivity index (χ3v) is 2.64. The Labute approximate surface area is 105 Å². The van der Waals surface area contributed by atoms with E-state index in [4.69, 9.17) is 0 Å². The normalized spacial score (nSPS) is 12.1. The van der Waals surface area contributed by atoms with Crippen LogP contribution < -0.4 is 5.32 Å². The van der Waals surface area contributed by atoms with Crippen molar-refractivity contribution >= 4 is 5.91 Å². The zero-order valence-electron chi connectivity index (χ0n) is 9.84. The van der Waals surface area contributed by atoms with Gasteiger partial charge in [-0.15, -0.1) is 0 Å². The molecule has 5 nitrogen and oxygen atoms in total. The fourth-order valence-corrected chi connectivity index (χ4v) is 1.70. The van der Waals surface area contributed by atoms with Crippen LogP contribution in [0.25, 0.3) is 0 Å². The van der Waals surface area contributed by atoms with Crippen LogP contribution in [0, 0.1) is 0 Å². The van der Waals surface area contributed by atoms with Gasteiger partial charge in [0.1, 0.15) is 0 Å². The zero-order chi connectivity index (χ0) is 12.8. The Kier molecular flexibility index (Phi) is 4.09. The number of H-pyrrole nitrogens is 1. The summed E-state index contributed by atoms with van der Waals surface area (Å²) in [6.07, 6.45) is 3.57. The van der Waals surface area contributed by atoms with Crippen LogP contribution in [0.4, 0.5) is 0 Å². The maximum Gasteiger partial charge on any atom is 0.254 e. The largest absolute Gasteiger partial charge is 0.394 e. The maximum atomic E-state index is 11.8. The molecule has 1 atom stereocenters. The van der Waals surface area contributed by atoms with Gasteiger partial charge in [0, 0.05) is 6.20 Å². The van der Waals surface area contributed by atoms with E-state index in [1.807, 2.05) is 30.3 Å². The topological polar surface area (TPSA) is 78.0 Å². The summed E-state index contributed by atoms with van der Waals surface area (Å²) in [4.78, 5) is 11.8. The Balaban J connectivity index is 1.96. The predicted octanol–water partition coefficient (Wildman–Crippen LogP) is 0.743. The highest BCUT2D eigenvalue weighted by atomic mass is 16.3. The minimum atomic E-state index is -0.296. The van der Waals surface area contributed by atoms with E-state index in [-0.39, 0.29) is 18.6 Å². The van der Waals surface area contributed by atoms with E-state index in [2.05, 4.69) is 15.5 Å². The van der Waals surface area contributed by atoms with Crippen molar-refractivity contribution < 1.29 is 9.90 Å². The molecule has 0 aliphatic carbocycles. The Bertz CT molecular complexity index is 482. The molecule has 0 saturated carbocycles. The van der Waals surface area contributed by atoms with Gasteiger partial charge in [-0.1, -0.05) is 30.3 Å². The Morgan fingerprint density at radius 2 is 2.17 bits per heavy atom. The summed E-state index contributed by atoms with van der Waals surface area (Å²) in [6, 6.07) is 9.43. The average molecular weight is 245 g/mol. The third-order valence-electron chi connectivity index (χ3n) is 2.64. The first-order valence-corrected chi connectivity index (χ1v) is 5.74. The molecule has 0 radical (unpaired) electrons. The van der Waals surface area contributed by atoms with Gasteiger partial charge in [0.25, 0.3) is 5.91 Å². The fraction of sp³-hybridized carbons (Fsp3) is 0.231. The zero-order valence-corrected chi connectivity index (χ0v) is 9.84. The van der Waals surface area contributed by atoms with E-state index in [0.29, 0.717) is 12.0 Å². The lowest BCUT2D eigenvalue weighted by atomic mass is 10.1. The Morgan fingerprint density at radius 1 is 1.39 bits per heavy atom. The van der Waals surface area contributed by atoms with Crippen molar-refractivity contribution in [2.24, 2.45) is 0 Å². The molecule has 1 amide bonds. The monoisotopic (exact) mass is 245 g/mol. The molecular formula is C13H15N3O2. The van der Waals surface area contributed by atoms with Crippen LogP contribution in [0.2, 0.25) is 0 Å². The van der Waals surface area contributed by atoms with E-state index in [1.54, 1.807) is 0 Å². The SMILES string of the molecule is O=C(N[C@@H](CO)Cc1ccccc1)c1cn[nH]c1. The van der Waals surface area contributed by atoms with Crippen molar-refractivity contribution in [3.8, 4) is 0 Å². The molecule has 18 heavy (non-hydrogen) atoms. The van der Waals surface area contributed by atoms with Crippen molar-refractivity contribution in [1.82, 2.24) is 15.5 Å². The second kappa shape index (κ2) is 5.97. The molecule has 0 unspecified atom stereocenters. The number of hydrogen-bond acceptors (Lipinski definition) is 3. The third kappa shape index (κ3) is 3.18. The highest BCUT2D eigenvalue weighted by Gasteiger charge is 2.14. The Hall–Kier alpha value is -2.14. The number of aromatic nitrogens is 2. The van der Waals surface area contributed by atoms with E-state index >= 15 is 0 Å². The molecular weight excluding hydrogens is 230 g/mol. The van der Waals surface area contributed by atoms with Gasteiger partial charge in [-0.25, -0.2) is 0 Å². The summed E-state index contributed by atoms with van der Waals surface area (Å²) in [7, 11) is 0. The van der Waals surface area contributed by atoms with Gasteiger partial charge >= 0.3 is 0 Å². The molecule has 0 bridgehead atoms. The number of aliphatic hydroxyl groups excluding tert-OH is 1. The molecule has 0 aliphatic rings. The van der Waals surface area contributed by atoms with E-state index in [9.17, 15) is 9.90 Å². The molecule has 1 aromatic heterocycles. The summed E-state index contributed by atoms with van der Waals surface area (Å²) >= 11 is 0. The van der Waals surface area contributed by atoms with Gasteiger partial charge in [-0.3, -0.25) is 9.89 Å². The quantitative estimate of drug-likeness (QED) is 0.727.